The van der Waals surface area contributed by atoms with Crippen molar-refractivity contribution >= 4 is 39.1 Å². The number of hydrogen-bond donors (Lipinski definition) is 2. The van der Waals surface area contributed by atoms with E-state index in [2.05, 4.69) is 10.6 Å². The van der Waals surface area contributed by atoms with Gasteiger partial charge in [-0.25, -0.2) is 8.42 Å². The lowest BCUT2D eigenvalue weighted by molar-refractivity contribution is -0.116. The number of carbonyl (C=O) groups excluding carboxylic acids is 2. The van der Waals surface area contributed by atoms with Crippen molar-refractivity contribution in [1.82, 2.24) is 9.62 Å². The lowest BCUT2D eigenvalue weighted by Gasteiger charge is -2.19. The lowest BCUT2D eigenvalue weighted by atomic mass is 10.1. The molecular weight excluding hydrogens is 438 g/mol. The van der Waals surface area contributed by atoms with E-state index in [1.165, 1.54) is 22.5 Å². The standard InChI is InChI=1S/C22H28ClN3O4S/c1-4-8-21(27)25-17-10-7-9-16(13-17)15-24-22(28)19-14-18(11-12-20(19)23)31(29,30)26(5-2)6-3/h7,9-14H,4-6,8,15H2,1-3H3,(H,24,28)(H,25,27). The van der Waals surface area contributed by atoms with Crippen LogP contribution < -0.4 is 10.6 Å². The van der Waals surface area contributed by atoms with Crippen molar-refractivity contribution in [2.45, 2.75) is 45.1 Å². The SMILES string of the molecule is CCCC(=O)Nc1cccc(CNC(=O)c2cc(S(=O)(=O)N(CC)CC)ccc2Cl)c1. The highest BCUT2D eigenvalue weighted by atomic mass is 35.5. The summed E-state index contributed by atoms with van der Waals surface area (Å²) in [7, 11) is -3.71. The Morgan fingerprint density at radius 1 is 1.03 bits per heavy atom. The zero-order valence-corrected chi connectivity index (χ0v) is 19.5. The van der Waals surface area contributed by atoms with Crippen LogP contribution in [0.3, 0.4) is 0 Å². The Morgan fingerprint density at radius 2 is 1.74 bits per heavy atom. The predicted octanol–water partition coefficient (Wildman–Crippen LogP) is 4.04. The molecule has 7 nitrogen and oxygen atoms in total. The van der Waals surface area contributed by atoms with Crippen molar-refractivity contribution in [3.05, 3.63) is 58.6 Å². The van der Waals surface area contributed by atoms with E-state index in [9.17, 15) is 18.0 Å². The molecule has 0 saturated heterocycles. The first-order valence-corrected chi connectivity index (χ1v) is 12.0. The molecule has 0 aliphatic rings. The van der Waals surface area contributed by atoms with Gasteiger partial charge in [0.15, 0.2) is 0 Å². The van der Waals surface area contributed by atoms with E-state index in [4.69, 9.17) is 11.6 Å². The molecule has 0 bridgehead atoms. The summed E-state index contributed by atoms with van der Waals surface area (Å²) in [5.41, 5.74) is 1.52. The molecular formula is C22H28ClN3O4S. The number of amides is 2. The molecule has 0 aliphatic carbocycles. The van der Waals surface area contributed by atoms with E-state index < -0.39 is 15.9 Å². The average molecular weight is 466 g/mol. The summed E-state index contributed by atoms with van der Waals surface area (Å²) in [6.45, 7) is 6.29. The van der Waals surface area contributed by atoms with Gasteiger partial charge >= 0.3 is 0 Å². The van der Waals surface area contributed by atoms with Crippen LogP contribution in [0.4, 0.5) is 5.69 Å². The van der Waals surface area contributed by atoms with Gasteiger partial charge in [-0.1, -0.05) is 44.5 Å². The highest BCUT2D eigenvalue weighted by Gasteiger charge is 2.23. The van der Waals surface area contributed by atoms with Crippen molar-refractivity contribution in [3.8, 4) is 0 Å². The van der Waals surface area contributed by atoms with Gasteiger partial charge in [0.25, 0.3) is 5.91 Å². The molecule has 168 valence electrons. The summed E-state index contributed by atoms with van der Waals surface area (Å²) in [4.78, 5) is 24.5. The van der Waals surface area contributed by atoms with Crippen molar-refractivity contribution in [2.24, 2.45) is 0 Å². The minimum atomic E-state index is -3.71. The number of anilines is 1. The second-order valence-electron chi connectivity index (χ2n) is 6.91. The zero-order valence-electron chi connectivity index (χ0n) is 17.9. The highest BCUT2D eigenvalue weighted by molar-refractivity contribution is 7.89. The van der Waals surface area contributed by atoms with Crippen LogP contribution in [0.25, 0.3) is 0 Å². The van der Waals surface area contributed by atoms with Gasteiger partial charge in [-0.05, 0) is 42.3 Å². The quantitative estimate of drug-likeness (QED) is 0.553. The number of halogens is 1. The van der Waals surface area contributed by atoms with Gasteiger partial charge in [0.1, 0.15) is 0 Å². The van der Waals surface area contributed by atoms with E-state index in [-0.39, 0.29) is 27.9 Å². The Labute approximate surface area is 188 Å². The van der Waals surface area contributed by atoms with Gasteiger partial charge in [0, 0.05) is 31.7 Å². The van der Waals surface area contributed by atoms with Crippen LogP contribution in [0.1, 0.15) is 49.5 Å². The normalized spacial score (nSPS) is 11.4. The average Bonchev–Trinajstić information content (AvgIpc) is 2.73. The Balaban J connectivity index is 2.15. The summed E-state index contributed by atoms with van der Waals surface area (Å²) in [5.74, 6) is -0.552. The van der Waals surface area contributed by atoms with Crippen molar-refractivity contribution in [1.29, 1.82) is 0 Å². The van der Waals surface area contributed by atoms with Gasteiger partial charge in [0.05, 0.1) is 15.5 Å². The van der Waals surface area contributed by atoms with Gasteiger partial charge in [0.2, 0.25) is 15.9 Å². The van der Waals surface area contributed by atoms with Gasteiger partial charge in [-0.15, -0.1) is 0 Å². The first-order valence-electron chi connectivity index (χ1n) is 10.2. The number of rotatable bonds is 10. The lowest BCUT2D eigenvalue weighted by Crippen LogP contribution is -2.31. The van der Waals surface area contributed by atoms with Crippen LogP contribution in [-0.2, 0) is 21.4 Å². The largest absolute Gasteiger partial charge is 0.348 e. The summed E-state index contributed by atoms with van der Waals surface area (Å²) in [6.07, 6.45) is 1.19. The summed E-state index contributed by atoms with van der Waals surface area (Å²) < 4.78 is 26.8. The molecule has 2 aromatic carbocycles. The van der Waals surface area contributed by atoms with Crippen LogP contribution in [0.15, 0.2) is 47.4 Å². The predicted molar refractivity (Wildman–Crippen MR) is 123 cm³/mol. The third-order valence-electron chi connectivity index (χ3n) is 4.67. The molecule has 2 N–H and O–H groups in total. The van der Waals surface area contributed by atoms with Gasteiger partial charge in [-0.3, -0.25) is 9.59 Å². The third-order valence-corrected chi connectivity index (χ3v) is 7.04. The Morgan fingerprint density at radius 3 is 2.39 bits per heavy atom. The Hall–Kier alpha value is -2.42. The van der Waals surface area contributed by atoms with E-state index in [1.807, 2.05) is 13.0 Å². The summed E-state index contributed by atoms with van der Waals surface area (Å²) in [5, 5.41) is 5.73. The number of nitrogens with one attached hydrogen (secondary N) is 2. The minimum absolute atomic E-state index is 0.0198. The van der Waals surface area contributed by atoms with Crippen molar-refractivity contribution < 1.29 is 18.0 Å². The van der Waals surface area contributed by atoms with E-state index in [0.717, 1.165) is 12.0 Å². The molecule has 0 atom stereocenters. The topological polar surface area (TPSA) is 95.6 Å². The molecule has 0 aliphatic heterocycles. The third kappa shape index (κ3) is 6.53. The smallest absolute Gasteiger partial charge is 0.253 e. The van der Waals surface area contributed by atoms with Crippen LogP contribution >= 0.6 is 11.6 Å². The molecule has 0 aromatic heterocycles. The minimum Gasteiger partial charge on any atom is -0.348 e. The Bertz CT molecular complexity index is 1040. The van der Waals surface area contributed by atoms with Crippen molar-refractivity contribution in [3.63, 3.8) is 0 Å². The fourth-order valence-electron chi connectivity index (χ4n) is 3.04. The maximum absolute atomic E-state index is 12.7. The van der Waals surface area contributed by atoms with Crippen molar-refractivity contribution in [2.75, 3.05) is 18.4 Å². The maximum Gasteiger partial charge on any atom is 0.253 e. The van der Waals surface area contributed by atoms with Gasteiger partial charge in [-0.2, -0.15) is 4.31 Å². The first kappa shape index (κ1) is 24.8. The summed E-state index contributed by atoms with van der Waals surface area (Å²) >= 11 is 6.17. The molecule has 0 heterocycles. The zero-order chi connectivity index (χ0) is 23.0. The molecule has 31 heavy (non-hydrogen) atoms. The van der Waals surface area contributed by atoms with E-state index in [0.29, 0.717) is 25.2 Å². The molecule has 2 amide bonds. The molecule has 0 spiro atoms. The Kier molecular flexibility index (Phi) is 9.03. The fourth-order valence-corrected chi connectivity index (χ4v) is 4.73. The van der Waals surface area contributed by atoms with Crippen LogP contribution in [0.2, 0.25) is 5.02 Å². The van der Waals surface area contributed by atoms with E-state index in [1.54, 1.807) is 32.0 Å². The van der Waals surface area contributed by atoms with Crippen LogP contribution in [-0.4, -0.2) is 37.6 Å². The van der Waals surface area contributed by atoms with E-state index >= 15 is 0 Å². The number of benzene rings is 2. The highest BCUT2D eigenvalue weighted by Crippen LogP contribution is 2.23. The molecule has 9 heteroatoms. The van der Waals surface area contributed by atoms with Gasteiger partial charge < -0.3 is 10.6 Å². The number of sulfonamides is 1. The second-order valence-corrected chi connectivity index (χ2v) is 9.26. The number of carbonyl (C=O) groups is 2. The molecule has 2 aromatic rings. The molecule has 0 saturated carbocycles. The number of hydrogen-bond acceptors (Lipinski definition) is 4. The second kappa shape index (κ2) is 11.3. The molecule has 0 radical (unpaired) electrons. The summed E-state index contributed by atoms with van der Waals surface area (Å²) in [6, 6.07) is 11.3. The van der Waals surface area contributed by atoms with Crippen LogP contribution in [0.5, 0.6) is 0 Å². The monoisotopic (exact) mass is 465 g/mol. The number of nitrogens with zero attached hydrogens (tertiary/aromatic N) is 1. The first-order chi connectivity index (χ1) is 14.7. The molecule has 0 unspecified atom stereocenters. The maximum atomic E-state index is 12.7. The fraction of sp³-hybridized carbons (Fsp3) is 0.364. The molecule has 2 rings (SSSR count). The molecule has 0 fully saturated rings. The van der Waals surface area contributed by atoms with Crippen LogP contribution in [0, 0.1) is 0 Å².